The fraction of sp³-hybridized carbons (Fsp3) is 0.263. The Morgan fingerprint density at radius 2 is 2.17 bits per heavy atom. The smallest absolute Gasteiger partial charge is 0.278 e. The molecule has 1 aromatic heterocycles. The van der Waals surface area contributed by atoms with Gasteiger partial charge in [-0.25, -0.2) is 10.4 Å². The van der Waals surface area contributed by atoms with E-state index in [0.29, 0.717) is 28.3 Å². The molecule has 9 nitrogen and oxygen atoms in total. The molecule has 0 spiro atoms. The van der Waals surface area contributed by atoms with E-state index in [2.05, 4.69) is 31.4 Å². The SMILES string of the molecule is COCc1cc(C)nc(OCC(=O)N/N=C\c2cc3c(cc2Br)OCO3)c1C#N. The van der Waals surface area contributed by atoms with Crippen LogP contribution in [0.2, 0.25) is 0 Å². The normalized spacial score (nSPS) is 12.1. The van der Waals surface area contributed by atoms with E-state index in [4.69, 9.17) is 18.9 Å². The second-order valence-electron chi connectivity index (χ2n) is 5.96. The van der Waals surface area contributed by atoms with Crippen LogP contribution >= 0.6 is 15.9 Å². The molecule has 1 aliphatic rings. The maximum Gasteiger partial charge on any atom is 0.278 e. The lowest BCUT2D eigenvalue weighted by atomic mass is 10.1. The van der Waals surface area contributed by atoms with E-state index in [9.17, 15) is 10.1 Å². The predicted molar refractivity (Wildman–Crippen MR) is 106 cm³/mol. The van der Waals surface area contributed by atoms with E-state index >= 15 is 0 Å². The molecule has 0 unspecified atom stereocenters. The lowest BCUT2D eigenvalue weighted by Gasteiger charge is -2.10. The number of methoxy groups -OCH3 is 1. The van der Waals surface area contributed by atoms with Crippen molar-refractivity contribution < 1.29 is 23.7 Å². The van der Waals surface area contributed by atoms with E-state index in [1.54, 1.807) is 25.1 Å². The lowest BCUT2D eigenvalue weighted by molar-refractivity contribution is -0.123. The molecule has 0 fully saturated rings. The van der Waals surface area contributed by atoms with Gasteiger partial charge in [0, 0.05) is 28.4 Å². The Bertz CT molecular complexity index is 1000. The summed E-state index contributed by atoms with van der Waals surface area (Å²) in [5, 5.41) is 13.3. The third-order valence-corrected chi connectivity index (χ3v) is 4.52. The number of nitriles is 1. The molecule has 3 rings (SSSR count). The number of hydrogen-bond donors (Lipinski definition) is 1. The van der Waals surface area contributed by atoms with Crippen LogP contribution in [-0.4, -0.2) is 37.6 Å². The topological polar surface area (TPSA) is 115 Å². The Morgan fingerprint density at radius 1 is 1.41 bits per heavy atom. The molecule has 1 aliphatic heterocycles. The number of hydrazone groups is 1. The van der Waals surface area contributed by atoms with Gasteiger partial charge < -0.3 is 18.9 Å². The quantitative estimate of drug-likeness (QED) is 0.498. The van der Waals surface area contributed by atoms with Crippen molar-refractivity contribution >= 4 is 28.1 Å². The van der Waals surface area contributed by atoms with Crippen molar-refractivity contribution in [2.24, 2.45) is 5.10 Å². The van der Waals surface area contributed by atoms with Crippen LogP contribution in [0.4, 0.5) is 0 Å². The predicted octanol–water partition coefficient (Wildman–Crippen LogP) is 2.43. The number of amides is 1. The minimum atomic E-state index is -0.501. The molecular formula is C19H17BrN4O5. The molecule has 150 valence electrons. The molecule has 29 heavy (non-hydrogen) atoms. The lowest BCUT2D eigenvalue weighted by Crippen LogP contribution is -2.25. The van der Waals surface area contributed by atoms with Gasteiger partial charge >= 0.3 is 0 Å². The second-order valence-corrected chi connectivity index (χ2v) is 6.81. The van der Waals surface area contributed by atoms with E-state index in [1.165, 1.54) is 13.3 Å². The highest BCUT2D eigenvalue weighted by Gasteiger charge is 2.16. The third-order valence-electron chi connectivity index (χ3n) is 3.83. The highest BCUT2D eigenvalue weighted by atomic mass is 79.9. The summed E-state index contributed by atoms with van der Waals surface area (Å²) in [5.74, 6) is 0.819. The van der Waals surface area contributed by atoms with Gasteiger partial charge in [-0.3, -0.25) is 4.79 Å². The summed E-state index contributed by atoms with van der Waals surface area (Å²) in [6.07, 6.45) is 1.46. The third kappa shape index (κ3) is 5.01. The van der Waals surface area contributed by atoms with E-state index in [-0.39, 0.29) is 31.5 Å². The van der Waals surface area contributed by atoms with Gasteiger partial charge in [0.25, 0.3) is 5.91 Å². The zero-order valence-corrected chi connectivity index (χ0v) is 17.3. The first-order chi connectivity index (χ1) is 14.0. The fourth-order valence-electron chi connectivity index (χ4n) is 2.58. The number of fused-ring (bicyclic) bond motifs is 1. The van der Waals surface area contributed by atoms with Crippen molar-refractivity contribution in [2.45, 2.75) is 13.5 Å². The van der Waals surface area contributed by atoms with Gasteiger partial charge in [0.15, 0.2) is 18.1 Å². The number of aromatic nitrogens is 1. The Labute approximate surface area is 175 Å². The molecule has 0 aliphatic carbocycles. The Kier molecular flexibility index (Phi) is 6.64. The van der Waals surface area contributed by atoms with Gasteiger partial charge in [-0.1, -0.05) is 0 Å². The first-order valence-electron chi connectivity index (χ1n) is 8.45. The highest BCUT2D eigenvalue weighted by molar-refractivity contribution is 9.10. The fourth-order valence-corrected chi connectivity index (χ4v) is 3.00. The summed E-state index contributed by atoms with van der Waals surface area (Å²) < 4.78 is 21.8. The van der Waals surface area contributed by atoms with Crippen LogP contribution in [0.1, 0.15) is 22.4 Å². The second kappa shape index (κ2) is 9.36. The van der Waals surface area contributed by atoms with Crippen molar-refractivity contribution in [1.82, 2.24) is 10.4 Å². The summed E-state index contributed by atoms with van der Waals surface area (Å²) in [6, 6.07) is 7.28. The maximum atomic E-state index is 12.0. The van der Waals surface area contributed by atoms with Crippen molar-refractivity contribution in [3.8, 4) is 23.4 Å². The summed E-state index contributed by atoms with van der Waals surface area (Å²) >= 11 is 3.41. The average Bonchev–Trinajstić information content (AvgIpc) is 3.13. The van der Waals surface area contributed by atoms with Crippen LogP contribution in [0.5, 0.6) is 17.4 Å². The minimum absolute atomic E-state index is 0.0807. The number of pyridine rings is 1. The molecule has 1 N–H and O–H groups in total. The van der Waals surface area contributed by atoms with Gasteiger partial charge in [0.1, 0.15) is 11.6 Å². The summed E-state index contributed by atoms with van der Waals surface area (Å²) in [6.45, 7) is 1.82. The molecule has 0 saturated heterocycles. The number of nitrogens with zero attached hydrogens (tertiary/aromatic N) is 3. The van der Waals surface area contributed by atoms with E-state index in [0.717, 1.165) is 4.47 Å². The molecule has 0 radical (unpaired) electrons. The van der Waals surface area contributed by atoms with Crippen molar-refractivity contribution in [3.63, 3.8) is 0 Å². The van der Waals surface area contributed by atoms with Crippen LogP contribution in [0.15, 0.2) is 27.8 Å². The number of ether oxygens (including phenoxy) is 4. The number of halogens is 1. The number of carbonyl (C=O) groups is 1. The minimum Gasteiger partial charge on any atom is -0.467 e. The Morgan fingerprint density at radius 3 is 2.90 bits per heavy atom. The monoisotopic (exact) mass is 460 g/mol. The van der Waals surface area contributed by atoms with Crippen LogP contribution in [0.25, 0.3) is 0 Å². The number of rotatable bonds is 7. The first kappa shape index (κ1) is 20.6. The maximum absolute atomic E-state index is 12.0. The molecule has 1 aromatic carbocycles. The van der Waals surface area contributed by atoms with Crippen LogP contribution in [-0.2, 0) is 16.1 Å². The van der Waals surface area contributed by atoms with Gasteiger partial charge in [0.2, 0.25) is 12.7 Å². The van der Waals surface area contributed by atoms with Crippen LogP contribution in [0.3, 0.4) is 0 Å². The molecular weight excluding hydrogens is 444 g/mol. The number of carbonyl (C=O) groups excluding carboxylic acids is 1. The largest absolute Gasteiger partial charge is 0.467 e. The molecule has 0 atom stereocenters. The summed E-state index contributed by atoms with van der Waals surface area (Å²) in [5.41, 5.74) is 4.59. The first-order valence-corrected chi connectivity index (χ1v) is 9.24. The summed E-state index contributed by atoms with van der Waals surface area (Å²) in [7, 11) is 1.53. The Balaban J connectivity index is 1.61. The van der Waals surface area contributed by atoms with Crippen molar-refractivity contribution in [1.29, 1.82) is 5.26 Å². The molecule has 2 aromatic rings. The van der Waals surface area contributed by atoms with Crippen LogP contribution in [0, 0.1) is 18.3 Å². The zero-order chi connectivity index (χ0) is 20.8. The van der Waals surface area contributed by atoms with Gasteiger partial charge in [-0.05, 0) is 41.1 Å². The van der Waals surface area contributed by atoms with Crippen molar-refractivity contribution in [2.75, 3.05) is 20.5 Å². The number of hydrogen-bond acceptors (Lipinski definition) is 8. The molecule has 10 heteroatoms. The van der Waals surface area contributed by atoms with Gasteiger partial charge in [0.05, 0.1) is 12.8 Å². The average molecular weight is 461 g/mol. The molecule has 0 bridgehead atoms. The standard InChI is InChI=1S/C19H17BrN4O5/c1-11-3-13(8-26-2)14(6-21)19(23-11)27-9-18(25)24-22-7-12-4-16-17(5-15(12)20)29-10-28-16/h3-5,7H,8-10H2,1-2H3,(H,24,25)/b22-7-. The van der Waals surface area contributed by atoms with E-state index < -0.39 is 5.91 Å². The Hall–Kier alpha value is -3.16. The van der Waals surface area contributed by atoms with Gasteiger partial charge in [-0.15, -0.1) is 0 Å². The molecule has 0 saturated carbocycles. The zero-order valence-electron chi connectivity index (χ0n) is 15.7. The number of benzene rings is 1. The summed E-state index contributed by atoms with van der Waals surface area (Å²) in [4.78, 5) is 16.2. The number of aryl methyl sites for hydroxylation is 1. The van der Waals surface area contributed by atoms with Crippen molar-refractivity contribution in [3.05, 3.63) is 45.1 Å². The molecule has 2 heterocycles. The highest BCUT2D eigenvalue weighted by Crippen LogP contribution is 2.36. The van der Waals surface area contributed by atoms with E-state index in [1.807, 2.05) is 6.07 Å². The van der Waals surface area contributed by atoms with Crippen LogP contribution < -0.4 is 19.6 Å². The number of nitrogens with one attached hydrogen (secondary N) is 1. The molecule has 1 amide bonds. The van der Waals surface area contributed by atoms with Gasteiger partial charge in [-0.2, -0.15) is 10.4 Å².